The summed E-state index contributed by atoms with van der Waals surface area (Å²) >= 11 is 3.29. The van der Waals surface area contributed by atoms with Crippen molar-refractivity contribution in [1.82, 2.24) is 5.32 Å². The molecule has 0 aromatic rings. The van der Waals surface area contributed by atoms with Crippen molar-refractivity contribution in [3.05, 3.63) is 0 Å². The van der Waals surface area contributed by atoms with Gasteiger partial charge in [-0.3, -0.25) is 4.79 Å². The summed E-state index contributed by atoms with van der Waals surface area (Å²) in [7, 11) is 0. The molecule has 0 rings (SSSR count). The molecule has 0 saturated carbocycles. The molecule has 0 aliphatic rings. The molecule has 0 aliphatic carbocycles. The molecular weight excluding hydrogens is 246 g/mol. The number of aliphatic hydroxyl groups excluding tert-OH is 1. The largest absolute Gasteiger partial charge is 0.396 e. The van der Waals surface area contributed by atoms with Crippen LogP contribution >= 0.6 is 15.9 Å². The zero-order valence-electron chi connectivity index (χ0n) is 8.92. The van der Waals surface area contributed by atoms with Crippen molar-refractivity contribution in [3.8, 4) is 0 Å². The first-order chi connectivity index (χ1) is 6.65. The van der Waals surface area contributed by atoms with Gasteiger partial charge in [-0.25, -0.2) is 0 Å². The molecule has 2 atom stereocenters. The van der Waals surface area contributed by atoms with E-state index in [9.17, 15) is 4.79 Å². The van der Waals surface area contributed by atoms with Crippen LogP contribution in [0.25, 0.3) is 0 Å². The molecule has 0 aromatic carbocycles. The maximum Gasteiger partial charge on any atom is 0.233 e. The number of aliphatic hydroxyl groups is 1. The topological polar surface area (TPSA) is 49.3 Å². The number of carbonyl (C=O) groups is 1. The highest BCUT2D eigenvalue weighted by atomic mass is 79.9. The van der Waals surface area contributed by atoms with Crippen LogP contribution in [-0.2, 0) is 4.79 Å². The van der Waals surface area contributed by atoms with Gasteiger partial charge in [-0.05, 0) is 18.8 Å². The van der Waals surface area contributed by atoms with Crippen molar-refractivity contribution in [2.45, 2.75) is 37.9 Å². The molecule has 4 heteroatoms. The van der Waals surface area contributed by atoms with E-state index in [1.54, 1.807) is 0 Å². The standard InChI is InChI=1S/C10H20BrNO2/c1-3-8(5-6-13)7-12-10(14)9(11)4-2/h8-9,13H,3-7H2,1-2H3,(H,12,14). The Bertz CT molecular complexity index is 164. The molecule has 0 saturated heterocycles. The Balaban J connectivity index is 3.73. The second-order valence-corrected chi connectivity index (χ2v) is 4.51. The highest BCUT2D eigenvalue weighted by molar-refractivity contribution is 9.10. The molecule has 0 radical (unpaired) electrons. The maximum atomic E-state index is 11.4. The number of halogens is 1. The van der Waals surface area contributed by atoms with Crippen LogP contribution in [-0.4, -0.2) is 29.0 Å². The van der Waals surface area contributed by atoms with Crippen molar-refractivity contribution >= 4 is 21.8 Å². The molecule has 0 spiro atoms. The number of hydrogen-bond acceptors (Lipinski definition) is 2. The lowest BCUT2D eigenvalue weighted by Gasteiger charge is -2.15. The minimum atomic E-state index is -0.0888. The van der Waals surface area contributed by atoms with Crippen LogP contribution in [0.5, 0.6) is 0 Å². The fourth-order valence-corrected chi connectivity index (χ4v) is 1.34. The van der Waals surface area contributed by atoms with E-state index in [0.29, 0.717) is 12.5 Å². The van der Waals surface area contributed by atoms with Gasteiger partial charge in [0.25, 0.3) is 0 Å². The Morgan fingerprint density at radius 3 is 2.50 bits per heavy atom. The maximum absolute atomic E-state index is 11.4. The number of rotatable bonds is 7. The first kappa shape index (κ1) is 13.9. The Kier molecular flexibility index (Phi) is 8.18. The van der Waals surface area contributed by atoms with E-state index >= 15 is 0 Å². The van der Waals surface area contributed by atoms with E-state index in [4.69, 9.17) is 5.11 Å². The summed E-state index contributed by atoms with van der Waals surface area (Å²) in [6.45, 7) is 4.89. The monoisotopic (exact) mass is 265 g/mol. The van der Waals surface area contributed by atoms with E-state index in [2.05, 4.69) is 28.2 Å². The van der Waals surface area contributed by atoms with Gasteiger partial charge < -0.3 is 10.4 Å². The van der Waals surface area contributed by atoms with Crippen molar-refractivity contribution in [2.24, 2.45) is 5.92 Å². The minimum absolute atomic E-state index is 0.0453. The van der Waals surface area contributed by atoms with E-state index in [0.717, 1.165) is 19.3 Å². The SMILES string of the molecule is CCC(CCO)CNC(=O)C(Br)CC. The third kappa shape index (κ3) is 5.60. The van der Waals surface area contributed by atoms with Crippen molar-refractivity contribution in [2.75, 3.05) is 13.2 Å². The number of nitrogens with one attached hydrogen (secondary N) is 1. The second kappa shape index (κ2) is 8.24. The molecule has 0 heterocycles. The molecule has 1 amide bonds. The third-order valence-corrected chi connectivity index (χ3v) is 3.39. The number of hydrogen-bond donors (Lipinski definition) is 2. The van der Waals surface area contributed by atoms with E-state index in [1.165, 1.54) is 0 Å². The average molecular weight is 266 g/mol. The summed E-state index contributed by atoms with van der Waals surface area (Å²) < 4.78 is 0. The Morgan fingerprint density at radius 1 is 1.43 bits per heavy atom. The molecule has 0 fully saturated rings. The van der Waals surface area contributed by atoms with Crippen LogP contribution in [0.4, 0.5) is 0 Å². The summed E-state index contributed by atoms with van der Waals surface area (Å²) in [4.78, 5) is 11.3. The molecule has 0 bridgehead atoms. The molecule has 0 aliphatic heterocycles. The number of amides is 1. The first-order valence-electron chi connectivity index (χ1n) is 5.18. The lowest BCUT2D eigenvalue weighted by Crippen LogP contribution is -2.34. The van der Waals surface area contributed by atoms with Gasteiger partial charge in [0.05, 0.1) is 4.83 Å². The Morgan fingerprint density at radius 2 is 2.07 bits per heavy atom. The molecule has 14 heavy (non-hydrogen) atoms. The quantitative estimate of drug-likeness (QED) is 0.689. The molecule has 0 aromatic heterocycles. The lowest BCUT2D eigenvalue weighted by molar-refractivity contribution is -0.120. The van der Waals surface area contributed by atoms with Crippen LogP contribution in [0.1, 0.15) is 33.1 Å². The summed E-state index contributed by atoms with van der Waals surface area (Å²) in [5.41, 5.74) is 0. The van der Waals surface area contributed by atoms with Gasteiger partial charge in [0.1, 0.15) is 0 Å². The zero-order chi connectivity index (χ0) is 11.0. The van der Waals surface area contributed by atoms with Crippen molar-refractivity contribution in [3.63, 3.8) is 0 Å². The fourth-order valence-electron chi connectivity index (χ4n) is 1.17. The Hall–Kier alpha value is -0.0900. The van der Waals surface area contributed by atoms with Crippen LogP contribution < -0.4 is 5.32 Å². The van der Waals surface area contributed by atoms with Crippen LogP contribution in [0.15, 0.2) is 0 Å². The van der Waals surface area contributed by atoms with Crippen LogP contribution in [0, 0.1) is 5.92 Å². The minimum Gasteiger partial charge on any atom is -0.396 e. The van der Waals surface area contributed by atoms with Gasteiger partial charge in [-0.2, -0.15) is 0 Å². The van der Waals surface area contributed by atoms with Crippen LogP contribution in [0.3, 0.4) is 0 Å². The van der Waals surface area contributed by atoms with Crippen LogP contribution in [0.2, 0.25) is 0 Å². The van der Waals surface area contributed by atoms with Gasteiger partial charge in [0.15, 0.2) is 0 Å². The summed E-state index contributed by atoms with van der Waals surface area (Å²) in [6, 6.07) is 0. The number of alkyl halides is 1. The van der Waals surface area contributed by atoms with E-state index in [-0.39, 0.29) is 17.3 Å². The van der Waals surface area contributed by atoms with E-state index < -0.39 is 0 Å². The molecule has 2 unspecified atom stereocenters. The fraction of sp³-hybridized carbons (Fsp3) is 0.900. The second-order valence-electron chi connectivity index (χ2n) is 3.41. The third-order valence-electron chi connectivity index (χ3n) is 2.32. The van der Waals surface area contributed by atoms with Gasteiger partial charge in [0, 0.05) is 13.2 Å². The van der Waals surface area contributed by atoms with Gasteiger partial charge in [-0.15, -0.1) is 0 Å². The summed E-state index contributed by atoms with van der Waals surface area (Å²) in [5.74, 6) is 0.435. The average Bonchev–Trinajstić information content (AvgIpc) is 2.22. The first-order valence-corrected chi connectivity index (χ1v) is 6.09. The van der Waals surface area contributed by atoms with E-state index in [1.807, 2.05) is 6.92 Å². The molecule has 2 N–H and O–H groups in total. The normalized spacial score (nSPS) is 14.9. The predicted octanol–water partition coefficient (Wildman–Crippen LogP) is 1.68. The zero-order valence-corrected chi connectivity index (χ0v) is 10.5. The highest BCUT2D eigenvalue weighted by Gasteiger charge is 2.13. The smallest absolute Gasteiger partial charge is 0.233 e. The van der Waals surface area contributed by atoms with Crippen molar-refractivity contribution < 1.29 is 9.90 Å². The molecule has 84 valence electrons. The summed E-state index contributed by atoms with van der Waals surface area (Å²) in [6.07, 6.45) is 2.54. The molecule has 3 nitrogen and oxygen atoms in total. The van der Waals surface area contributed by atoms with Gasteiger partial charge in [0.2, 0.25) is 5.91 Å². The number of carbonyl (C=O) groups excluding carboxylic acids is 1. The Labute approximate surface area is 94.4 Å². The highest BCUT2D eigenvalue weighted by Crippen LogP contribution is 2.08. The molecular formula is C10H20BrNO2. The lowest BCUT2D eigenvalue weighted by atomic mass is 10.0. The van der Waals surface area contributed by atoms with Gasteiger partial charge >= 0.3 is 0 Å². The summed E-state index contributed by atoms with van der Waals surface area (Å²) in [5, 5.41) is 11.6. The predicted molar refractivity (Wildman–Crippen MR) is 61.5 cm³/mol. The van der Waals surface area contributed by atoms with Gasteiger partial charge in [-0.1, -0.05) is 36.2 Å². The van der Waals surface area contributed by atoms with Crippen molar-refractivity contribution in [1.29, 1.82) is 0 Å².